The van der Waals surface area contributed by atoms with Crippen molar-refractivity contribution < 1.29 is 14.3 Å². The number of aryl methyl sites for hydroxylation is 1. The molecule has 0 unspecified atom stereocenters. The Hall–Kier alpha value is -2.82. The summed E-state index contributed by atoms with van der Waals surface area (Å²) in [6, 6.07) is 15.1. The maximum absolute atomic E-state index is 11.9. The van der Waals surface area contributed by atoms with Gasteiger partial charge < -0.3 is 15.4 Å². The fourth-order valence-corrected chi connectivity index (χ4v) is 2.36. The number of amides is 2. The summed E-state index contributed by atoms with van der Waals surface area (Å²) in [5.41, 5.74) is 2.92. The summed E-state index contributed by atoms with van der Waals surface area (Å²) in [6.07, 6.45) is 1.92. The van der Waals surface area contributed by atoms with Crippen LogP contribution in [0, 0.1) is 12.8 Å². The Bertz CT molecular complexity index is 752. The Kier molecular flexibility index (Phi) is 5.33. The van der Waals surface area contributed by atoms with E-state index in [1.54, 1.807) is 18.2 Å². The van der Waals surface area contributed by atoms with Crippen molar-refractivity contribution in [2.24, 2.45) is 5.92 Å². The van der Waals surface area contributed by atoms with Crippen LogP contribution in [0.4, 0.5) is 5.69 Å². The molecule has 2 amide bonds. The second-order valence-corrected chi connectivity index (χ2v) is 6.34. The summed E-state index contributed by atoms with van der Waals surface area (Å²) in [5.74, 6) is 0.567. The highest BCUT2D eigenvalue weighted by molar-refractivity contribution is 5.94. The molecule has 1 fully saturated rings. The lowest BCUT2D eigenvalue weighted by atomic mass is 10.1. The molecule has 25 heavy (non-hydrogen) atoms. The lowest BCUT2D eigenvalue weighted by Gasteiger charge is -2.10. The minimum atomic E-state index is -0.187. The maximum atomic E-state index is 11.9. The number of benzene rings is 2. The molecule has 3 rings (SSSR count). The van der Waals surface area contributed by atoms with Crippen molar-refractivity contribution >= 4 is 17.5 Å². The Balaban J connectivity index is 1.45. The van der Waals surface area contributed by atoms with E-state index in [0.29, 0.717) is 18.0 Å². The molecule has 0 aliphatic heterocycles. The van der Waals surface area contributed by atoms with E-state index in [0.717, 1.165) is 18.4 Å². The molecule has 2 aromatic carbocycles. The summed E-state index contributed by atoms with van der Waals surface area (Å²) in [7, 11) is 0. The first kappa shape index (κ1) is 17.0. The maximum Gasteiger partial charge on any atom is 0.258 e. The average Bonchev–Trinajstić information content (AvgIpc) is 3.45. The van der Waals surface area contributed by atoms with Crippen molar-refractivity contribution in [1.82, 2.24) is 5.32 Å². The summed E-state index contributed by atoms with van der Waals surface area (Å²) in [6.45, 7) is 2.43. The number of hydrogen-bond donors (Lipinski definition) is 2. The number of carbonyl (C=O) groups is 2. The molecule has 1 aliphatic rings. The van der Waals surface area contributed by atoms with Gasteiger partial charge in [0, 0.05) is 24.2 Å². The molecule has 0 heterocycles. The van der Waals surface area contributed by atoms with Crippen LogP contribution in [0.25, 0.3) is 0 Å². The van der Waals surface area contributed by atoms with E-state index in [1.165, 1.54) is 5.56 Å². The normalized spacial score (nSPS) is 13.2. The number of nitrogens with one attached hydrogen (secondary N) is 2. The number of carbonyl (C=O) groups excluding carboxylic acids is 2. The van der Waals surface area contributed by atoms with Crippen LogP contribution < -0.4 is 15.4 Å². The van der Waals surface area contributed by atoms with Gasteiger partial charge in [-0.3, -0.25) is 9.59 Å². The summed E-state index contributed by atoms with van der Waals surface area (Å²) < 4.78 is 5.51. The molecule has 0 spiro atoms. The van der Waals surface area contributed by atoms with Gasteiger partial charge in [0.05, 0.1) is 0 Å². The second kappa shape index (κ2) is 7.83. The van der Waals surface area contributed by atoms with Crippen molar-refractivity contribution in [3.8, 4) is 5.75 Å². The van der Waals surface area contributed by atoms with E-state index in [1.807, 2.05) is 37.3 Å². The molecule has 130 valence electrons. The summed E-state index contributed by atoms with van der Waals surface area (Å²) in [4.78, 5) is 23.7. The van der Waals surface area contributed by atoms with Crippen molar-refractivity contribution in [2.75, 3.05) is 11.9 Å². The number of rotatable bonds is 7. The minimum absolute atomic E-state index is 0.0491. The Morgan fingerprint density at radius 1 is 1.12 bits per heavy atom. The van der Waals surface area contributed by atoms with Crippen molar-refractivity contribution in [3.63, 3.8) is 0 Å². The molecule has 2 N–H and O–H groups in total. The minimum Gasteiger partial charge on any atom is -0.484 e. The van der Waals surface area contributed by atoms with Gasteiger partial charge in [-0.1, -0.05) is 35.9 Å². The highest BCUT2D eigenvalue weighted by Crippen LogP contribution is 2.30. The number of hydrogen-bond acceptors (Lipinski definition) is 3. The van der Waals surface area contributed by atoms with E-state index in [-0.39, 0.29) is 24.3 Å². The van der Waals surface area contributed by atoms with Gasteiger partial charge >= 0.3 is 0 Å². The largest absolute Gasteiger partial charge is 0.484 e. The molecule has 0 atom stereocenters. The molecule has 0 saturated heterocycles. The van der Waals surface area contributed by atoms with Gasteiger partial charge in [-0.15, -0.1) is 0 Å². The van der Waals surface area contributed by atoms with Crippen LogP contribution in [-0.4, -0.2) is 18.4 Å². The fraction of sp³-hybridized carbons (Fsp3) is 0.300. The molecule has 0 radical (unpaired) electrons. The zero-order valence-corrected chi connectivity index (χ0v) is 14.2. The Morgan fingerprint density at radius 3 is 2.60 bits per heavy atom. The highest BCUT2D eigenvalue weighted by Gasteiger charge is 2.29. The van der Waals surface area contributed by atoms with Crippen LogP contribution in [0.15, 0.2) is 48.5 Å². The van der Waals surface area contributed by atoms with Crippen molar-refractivity contribution in [3.05, 3.63) is 59.7 Å². The SMILES string of the molecule is Cc1ccc(CNC(=O)COc2cccc(NC(=O)C3CC3)c2)cc1. The van der Waals surface area contributed by atoms with Crippen LogP contribution in [0.3, 0.4) is 0 Å². The monoisotopic (exact) mass is 338 g/mol. The zero-order valence-electron chi connectivity index (χ0n) is 14.2. The Morgan fingerprint density at radius 2 is 1.88 bits per heavy atom. The first-order valence-electron chi connectivity index (χ1n) is 8.46. The molecule has 5 nitrogen and oxygen atoms in total. The van der Waals surface area contributed by atoms with Gasteiger partial charge in [-0.2, -0.15) is 0 Å². The number of anilines is 1. The molecule has 5 heteroatoms. The van der Waals surface area contributed by atoms with Crippen LogP contribution in [-0.2, 0) is 16.1 Å². The Labute approximate surface area is 147 Å². The van der Waals surface area contributed by atoms with Crippen LogP contribution in [0.1, 0.15) is 24.0 Å². The smallest absolute Gasteiger partial charge is 0.258 e. The molecule has 1 aliphatic carbocycles. The van der Waals surface area contributed by atoms with Crippen LogP contribution in [0.5, 0.6) is 5.75 Å². The molecule has 0 bridgehead atoms. The predicted octanol–water partition coefficient (Wildman–Crippen LogP) is 3.04. The van der Waals surface area contributed by atoms with E-state index in [4.69, 9.17) is 4.74 Å². The quantitative estimate of drug-likeness (QED) is 0.815. The van der Waals surface area contributed by atoms with E-state index in [2.05, 4.69) is 10.6 Å². The van der Waals surface area contributed by atoms with Crippen LogP contribution >= 0.6 is 0 Å². The molecule has 1 saturated carbocycles. The zero-order chi connectivity index (χ0) is 17.6. The summed E-state index contributed by atoms with van der Waals surface area (Å²) >= 11 is 0. The van der Waals surface area contributed by atoms with Gasteiger partial charge in [0.25, 0.3) is 5.91 Å². The van der Waals surface area contributed by atoms with Crippen LogP contribution in [0.2, 0.25) is 0 Å². The topological polar surface area (TPSA) is 67.4 Å². The van der Waals surface area contributed by atoms with Crippen molar-refractivity contribution in [1.29, 1.82) is 0 Å². The predicted molar refractivity (Wildman–Crippen MR) is 96.3 cm³/mol. The van der Waals surface area contributed by atoms with E-state index in [9.17, 15) is 9.59 Å². The lowest BCUT2D eigenvalue weighted by molar-refractivity contribution is -0.123. The summed E-state index contributed by atoms with van der Waals surface area (Å²) in [5, 5.41) is 5.69. The third kappa shape index (κ3) is 5.35. The van der Waals surface area contributed by atoms with Gasteiger partial charge in [0.1, 0.15) is 5.75 Å². The van der Waals surface area contributed by atoms with Gasteiger partial charge in [-0.05, 0) is 37.5 Å². The van der Waals surface area contributed by atoms with Gasteiger partial charge in [0.2, 0.25) is 5.91 Å². The first-order valence-corrected chi connectivity index (χ1v) is 8.46. The fourth-order valence-electron chi connectivity index (χ4n) is 2.36. The van der Waals surface area contributed by atoms with Gasteiger partial charge in [0.15, 0.2) is 6.61 Å². The molecular weight excluding hydrogens is 316 g/mol. The van der Waals surface area contributed by atoms with E-state index < -0.39 is 0 Å². The third-order valence-electron chi connectivity index (χ3n) is 4.03. The third-order valence-corrected chi connectivity index (χ3v) is 4.03. The molecule has 0 aromatic heterocycles. The molecule has 2 aromatic rings. The van der Waals surface area contributed by atoms with Crippen molar-refractivity contribution in [2.45, 2.75) is 26.3 Å². The molecular formula is C20H22N2O3. The van der Waals surface area contributed by atoms with Gasteiger partial charge in [-0.25, -0.2) is 0 Å². The second-order valence-electron chi connectivity index (χ2n) is 6.34. The standard InChI is InChI=1S/C20H22N2O3/c1-14-5-7-15(8-6-14)12-21-19(23)13-25-18-4-2-3-17(11-18)22-20(24)16-9-10-16/h2-8,11,16H,9-10,12-13H2,1H3,(H,21,23)(H,22,24). The highest BCUT2D eigenvalue weighted by atomic mass is 16.5. The first-order chi connectivity index (χ1) is 12.1. The average molecular weight is 338 g/mol. The number of ether oxygens (including phenoxy) is 1. The van der Waals surface area contributed by atoms with E-state index >= 15 is 0 Å². The lowest BCUT2D eigenvalue weighted by Crippen LogP contribution is -2.28.